The van der Waals surface area contributed by atoms with E-state index in [0.29, 0.717) is 17.9 Å². The fourth-order valence-corrected chi connectivity index (χ4v) is 4.41. The van der Waals surface area contributed by atoms with Crippen molar-refractivity contribution in [1.29, 1.82) is 0 Å². The quantitative estimate of drug-likeness (QED) is 0.598. The molecule has 1 aromatic rings. The van der Waals surface area contributed by atoms with Gasteiger partial charge in [0.15, 0.2) is 0 Å². The van der Waals surface area contributed by atoms with E-state index in [0.717, 1.165) is 25.7 Å². The number of hydrogen-bond donors (Lipinski definition) is 2. The number of likely N-dealkylation sites (N-methyl/N-ethyl adjacent to an activating group) is 1. The molecule has 2 fully saturated rings. The van der Waals surface area contributed by atoms with Crippen LogP contribution in [0.5, 0.6) is 0 Å². The number of carbonyl (C=O) groups excluding carboxylic acids is 5. The molecule has 172 valence electrons. The summed E-state index contributed by atoms with van der Waals surface area (Å²) in [7, 11) is 0. The van der Waals surface area contributed by atoms with Crippen molar-refractivity contribution < 1.29 is 24.0 Å². The Morgan fingerprint density at radius 3 is 2.00 bits per heavy atom. The molecule has 2 atom stereocenters. The first-order valence-corrected chi connectivity index (χ1v) is 11.1. The van der Waals surface area contributed by atoms with Gasteiger partial charge in [0.25, 0.3) is 0 Å². The Balaban J connectivity index is 1.50. The molecule has 1 saturated carbocycles. The zero-order chi connectivity index (χ0) is 23.3. The minimum Gasteiger partial charge on any atom is -0.334 e. The third-order valence-corrected chi connectivity index (χ3v) is 6.04. The second-order valence-corrected chi connectivity index (χ2v) is 8.29. The minimum absolute atomic E-state index is 0.00343. The highest BCUT2D eigenvalue weighted by Gasteiger charge is 2.47. The normalized spacial score (nSPS) is 20.0. The van der Waals surface area contributed by atoms with Gasteiger partial charge in [0.2, 0.25) is 29.5 Å². The molecule has 3 rings (SSSR count). The summed E-state index contributed by atoms with van der Waals surface area (Å²) in [4.78, 5) is 63.9. The predicted molar refractivity (Wildman–Crippen MR) is 118 cm³/mol. The van der Waals surface area contributed by atoms with Crippen molar-refractivity contribution in [3.8, 4) is 0 Å². The number of carbonyl (C=O) groups is 5. The molecule has 9 heteroatoms. The number of hydrogen-bond acceptors (Lipinski definition) is 5. The molecule has 9 nitrogen and oxygen atoms in total. The van der Waals surface area contributed by atoms with Crippen LogP contribution in [0.25, 0.3) is 0 Å². The summed E-state index contributed by atoms with van der Waals surface area (Å²) < 4.78 is 0. The van der Waals surface area contributed by atoms with Gasteiger partial charge < -0.3 is 15.5 Å². The van der Waals surface area contributed by atoms with E-state index in [4.69, 9.17) is 0 Å². The third kappa shape index (κ3) is 5.52. The van der Waals surface area contributed by atoms with E-state index >= 15 is 0 Å². The van der Waals surface area contributed by atoms with E-state index in [1.54, 1.807) is 31.2 Å². The highest BCUT2D eigenvalue weighted by atomic mass is 16.2. The fourth-order valence-electron chi connectivity index (χ4n) is 4.41. The van der Waals surface area contributed by atoms with Crippen LogP contribution >= 0.6 is 0 Å². The summed E-state index contributed by atoms with van der Waals surface area (Å²) in [5.41, 5.74) is 1.16. The molecule has 0 radical (unpaired) electrons. The number of amides is 5. The zero-order valence-corrected chi connectivity index (χ0v) is 18.6. The van der Waals surface area contributed by atoms with Gasteiger partial charge >= 0.3 is 0 Å². The smallest absolute Gasteiger partial charge is 0.243 e. The van der Waals surface area contributed by atoms with Gasteiger partial charge in [0.1, 0.15) is 0 Å². The summed E-state index contributed by atoms with van der Waals surface area (Å²) >= 11 is 0. The maximum Gasteiger partial charge on any atom is 0.243 e. The predicted octanol–water partition coefficient (Wildman–Crippen LogP) is 2.00. The number of rotatable bonds is 8. The average Bonchev–Trinajstić information content (AvgIpc) is 3.01. The Labute approximate surface area is 187 Å². The molecule has 5 amide bonds. The van der Waals surface area contributed by atoms with Gasteiger partial charge in [-0.2, -0.15) is 0 Å². The molecule has 2 N–H and O–H groups in total. The van der Waals surface area contributed by atoms with Crippen LogP contribution < -0.4 is 10.6 Å². The van der Waals surface area contributed by atoms with Crippen molar-refractivity contribution in [2.24, 2.45) is 11.8 Å². The number of fused-ring (bicyclic) bond motifs is 1. The van der Waals surface area contributed by atoms with Gasteiger partial charge in [-0.1, -0.05) is 12.8 Å². The number of benzene rings is 1. The van der Waals surface area contributed by atoms with Crippen LogP contribution in [0.1, 0.15) is 46.0 Å². The van der Waals surface area contributed by atoms with E-state index in [1.807, 2.05) is 0 Å². The van der Waals surface area contributed by atoms with E-state index < -0.39 is 0 Å². The molecule has 1 aromatic carbocycles. The first-order valence-electron chi connectivity index (χ1n) is 11.1. The first kappa shape index (κ1) is 23.4. The Kier molecular flexibility index (Phi) is 7.61. The number of likely N-dealkylation sites (tertiary alicyclic amines) is 1. The molecule has 32 heavy (non-hydrogen) atoms. The molecule has 0 aromatic heterocycles. The third-order valence-electron chi connectivity index (χ3n) is 6.04. The molecular weight excluding hydrogens is 412 g/mol. The number of nitrogens with zero attached hydrogens (tertiary/aromatic N) is 2. The summed E-state index contributed by atoms with van der Waals surface area (Å²) in [6.07, 6.45) is 3.41. The van der Waals surface area contributed by atoms with Gasteiger partial charge in [-0.15, -0.1) is 0 Å². The fraction of sp³-hybridized carbons (Fsp3) is 0.522. The van der Waals surface area contributed by atoms with Gasteiger partial charge in [0.05, 0.1) is 18.4 Å². The first-order chi connectivity index (χ1) is 15.3. The SMILES string of the molecule is CCN(CC(=O)Nc1ccc(NC(C)=O)cc1)C(=O)CCN1C(=O)C2CCCCC2C1=O. The van der Waals surface area contributed by atoms with Gasteiger partial charge in [0, 0.05) is 37.8 Å². The molecule has 2 aliphatic rings. The molecule has 0 bridgehead atoms. The highest BCUT2D eigenvalue weighted by Crippen LogP contribution is 2.38. The summed E-state index contributed by atoms with van der Waals surface area (Å²) in [6.45, 7) is 3.45. The van der Waals surface area contributed by atoms with Crippen LogP contribution in [-0.4, -0.2) is 59.0 Å². The zero-order valence-electron chi connectivity index (χ0n) is 18.6. The van der Waals surface area contributed by atoms with Crippen LogP contribution in [0.4, 0.5) is 11.4 Å². The largest absolute Gasteiger partial charge is 0.334 e. The van der Waals surface area contributed by atoms with Crippen molar-refractivity contribution in [1.82, 2.24) is 9.80 Å². The van der Waals surface area contributed by atoms with E-state index in [1.165, 1.54) is 16.7 Å². The second kappa shape index (κ2) is 10.4. The number of anilines is 2. The van der Waals surface area contributed by atoms with E-state index in [9.17, 15) is 24.0 Å². The highest BCUT2D eigenvalue weighted by molar-refractivity contribution is 6.05. The maximum atomic E-state index is 12.7. The number of imide groups is 1. The summed E-state index contributed by atoms with van der Waals surface area (Å²) in [6, 6.07) is 6.65. The number of nitrogens with one attached hydrogen (secondary N) is 2. The van der Waals surface area contributed by atoms with E-state index in [2.05, 4.69) is 10.6 Å². The van der Waals surface area contributed by atoms with Crippen molar-refractivity contribution in [2.45, 2.75) is 46.0 Å². The van der Waals surface area contributed by atoms with Crippen LogP contribution in [0.2, 0.25) is 0 Å². The van der Waals surface area contributed by atoms with Crippen LogP contribution in [0, 0.1) is 11.8 Å². The van der Waals surface area contributed by atoms with Crippen molar-refractivity contribution in [3.63, 3.8) is 0 Å². The van der Waals surface area contributed by atoms with Crippen LogP contribution in [0.3, 0.4) is 0 Å². The Morgan fingerprint density at radius 2 is 1.50 bits per heavy atom. The molecule has 1 saturated heterocycles. The molecule has 2 unspecified atom stereocenters. The monoisotopic (exact) mass is 442 g/mol. The second-order valence-electron chi connectivity index (χ2n) is 8.29. The van der Waals surface area contributed by atoms with Crippen molar-refractivity contribution in [2.75, 3.05) is 30.3 Å². The Bertz CT molecular complexity index is 874. The Morgan fingerprint density at radius 1 is 0.969 bits per heavy atom. The standard InChI is InChI=1S/C23H30N4O5/c1-3-26(14-20(29)25-17-10-8-16(9-11-17)24-15(2)28)21(30)12-13-27-22(31)18-6-4-5-7-19(18)23(27)32/h8-11,18-19H,3-7,12-14H2,1-2H3,(H,24,28)(H,25,29). The minimum atomic E-state index is -0.355. The summed E-state index contributed by atoms with van der Waals surface area (Å²) in [5, 5.41) is 5.37. The van der Waals surface area contributed by atoms with Gasteiger partial charge in [-0.05, 0) is 44.0 Å². The summed E-state index contributed by atoms with van der Waals surface area (Å²) in [5.74, 6) is -1.58. The lowest BCUT2D eigenvalue weighted by molar-refractivity contribution is -0.141. The van der Waals surface area contributed by atoms with E-state index in [-0.39, 0.29) is 60.9 Å². The lowest BCUT2D eigenvalue weighted by Gasteiger charge is -2.22. The lowest BCUT2D eigenvalue weighted by atomic mass is 9.81. The van der Waals surface area contributed by atoms with Gasteiger partial charge in [-0.3, -0.25) is 28.9 Å². The van der Waals surface area contributed by atoms with Crippen molar-refractivity contribution >= 4 is 40.9 Å². The van der Waals surface area contributed by atoms with Gasteiger partial charge in [-0.25, -0.2) is 0 Å². The molecule has 1 heterocycles. The van der Waals surface area contributed by atoms with Crippen LogP contribution in [-0.2, 0) is 24.0 Å². The molecule has 1 aliphatic heterocycles. The lowest BCUT2D eigenvalue weighted by Crippen LogP contribution is -2.40. The average molecular weight is 443 g/mol. The topological polar surface area (TPSA) is 116 Å². The molecular formula is C23H30N4O5. The van der Waals surface area contributed by atoms with Crippen LogP contribution in [0.15, 0.2) is 24.3 Å². The van der Waals surface area contributed by atoms with Crippen molar-refractivity contribution in [3.05, 3.63) is 24.3 Å². The molecule has 1 aliphatic carbocycles. The molecule has 0 spiro atoms. The maximum absolute atomic E-state index is 12.7. The Hall–Kier alpha value is -3.23.